The summed E-state index contributed by atoms with van der Waals surface area (Å²) in [4.78, 5) is 5.03. The van der Waals surface area contributed by atoms with Gasteiger partial charge in [-0.2, -0.15) is 4.31 Å². The molecule has 0 spiro atoms. The van der Waals surface area contributed by atoms with Crippen molar-refractivity contribution in [1.82, 2.24) is 28.5 Å². The standard InChI is InChI=1S/C27H26N6O2S2/c1-20-9-7-14-25-28-22(18-32(20)25)19-36-27-30-29-26(33(27)23-11-3-2-4-12-23)21-10-8-13-24(17-21)37(34,35)31-15-5-6-16-31/h2-4,7-14,17-18H,5-6,15-16,19H2,1H3. The maximum atomic E-state index is 13.2. The van der Waals surface area contributed by atoms with E-state index in [0.717, 1.165) is 35.6 Å². The Morgan fingerprint density at radius 2 is 1.70 bits per heavy atom. The highest BCUT2D eigenvalue weighted by molar-refractivity contribution is 7.98. The van der Waals surface area contributed by atoms with E-state index in [1.807, 2.05) is 53.1 Å². The predicted molar refractivity (Wildman–Crippen MR) is 144 cm³/mol. The molecule has 1 fully saturated rings. The number of thioether (sulfide) groups is 1. The van der Waals surface area contributed by atoms with Crippen LogP contribution in [0.4, 0.5) is 0 Å². The maximum absolute atomic E-state index is 13.2. The van der Waals surface area contributed by atoms with E-state index in [0.29, 0.717) is 35.4 Å². The van der Waals surface area contributed by atoms with Crippen molar-refractivity contribution >= 4 is 27.4 Å². The van der Waals surface area contributed by atoms with Crippen molar-refractivity contribution in [2.45, 2.75) is 35.6 Å². The van der Waals surface area contributed by atoms with Gasteiger partial charge >= 0.3 is 0 Å². The van der Waals surface area contributed by atoms with Gasteiger partial charge in [-0.25, -0.2) is 13.4 Å². The molecule has 0 atom stereocenters. The van der Waals surface area contributed by atoms with Gasteiger partial charge in [0.2, 0.25) is 10.0 Å². The second kappa shape index (κ2) is 9.77. The highest BCUT2D eigenvalue weighted by Crippen LogP contribution is 2.31. The Kier molecular flexibility index (Phi) is 6.31. The Hall–Kier alpha value is -3.47. The van der Waals surface area contributed by atoms with E-state index in [2.05, 4.69) is 33.8 Å². The minimum Gasteiger partial charge on any atom is -0.304 e. The first-order valence-electron chi connectivity index (χ1n) is 12.2. The van der Waals surface area contributed by atoms with Crippen LogP contribution in [0.25, 0.3) is 22.7 Å². The number of rotatable bonds is 7. The van der Waals surface area contributed by atoms with Crippen molar-refractivity contribution in [1.29, 1.82) is 0 Å². The normalized spacial score (nSPS) is 14.5. The topological polar surface area (TPSA) is 85.4 Å². The number of pyridine rings is 1. The van der Waals surface area contributed by atoms with Gasteiger partial charge in [0.1, 0.15) is 5.65 Å². The fourth-order valence-corrected chi connectivity index (χ4v) is 7.04. The fraction of sp³-hybridized carbons (Fsp3) is 0.222. The molecule has 2 aromatic carbocycles. The third-order valence-corrected chi connectivity index (χ3v) is 9.39. The number of aryl methyl sites for hydroxylation is 1. The number of fused-ring (bicyclic) bond motifs is 1. The summed E-state index contributed by atoms with van der Waals surface area (Å²) in [5.74, 6) is 1.22. The van der Waals surface area contributed by atoms with Gasteiger partial charge in [-0.15, -0.1) is 10.2 Å². The van der Waals surface area contributed by atoms with Gasteiger partial charge < -0.3 is 4.40 Å². The average Bonchev–Trinajstić information content (AvgIpc) is 3.68. The van der Waals surface area contributed by atoms with Crippen molar-refractivity contribution in [3.8, 4) is 17.1 Å². The highest BCUT2D eigenvalue weighted by Gasteiger charge is 2.28. The second-order valence-electron chi connectivity index (χ2n) is 9.03. The Labute approximate surface area is 220 Å². The van der Waals surface area contributed by atoms with Gasteiger partial charge in [0.05, 0.1) is 10.6 Å². The van der Waals surface area contributed by atoms with Crippen molar-refractivity contribution in [3.63, 3.8) is 0 Å². The molecule has 6 rings (SSSR count). The molecule has 1 saturated heterocycles. The van der Waals surface area contributed by atoms with Crippen LogP contribution in [0.3, 0.4) is 0 Å². The summed E-state index contributed by atoms with van der Waals surface area (Å²) in [6.45, 7) is 3.19. The first-order chi connectivity index (χ1) is 18.0. The maximum Gasteiger partial charge on any atom is 0.243 e. The highest BCUT2D eigenvalue weighted by atomic mass is 32.2. The molecule has 3 aromatic heterocycles. The van der Waals surface area contributed by atoms with Gasteiger partial charge in [0.15, 0.2) is 11.0 Å². The molecule has 0 radical (unpaired) electrons. The van der Waals surface area contributed by atoms with Crippen LogP contribution in [0.2, 0.25) is 0 Å². The van der Waals surface area contributed by atoms with Crippen LogP contribution in [0.5, 0.6) is 0 Å². The molecule has 0 N–H and O–H groups in total. The number of nitrogens with zero attached hydrogens (tertiary/aromatic N) is 6. The molecule has 5 aromatic rings. The molecule has 188 valence electrons. The van der Waals surface area contributed by atoms with Crippen LogP contribution in [0, 0.1) is 6.92 Å². The summed E-state index contributed by atoms with van der Waals surface area (Å²) in [5.41, 5.74) is 4.59. The number of hydrogen-bond acceptors (Lipinski definition) is 6. The molecular formula is C27H26N6O2S2. The quantitative estimate of drug-likeness (QED) is 0.276. The minimum atomic E-state index is -3.54. The molecule has 8 nitrogen and oxygen atoms in total. The number of hydrogen-bond donors (Lipinski definition) is 0. The van der Waals surface area contributed by atoms with Crippen LogP contribution in [-0.4, -0.2) is 50.0 Å². The summed E-state index contributed by atoms with van der Waals surface area (Å²) < 4.78 is 32.0. The molecule has 37 heavy (non-hydrogen) atoms. The number of imidazole rings is 1. The Balaban J connectivity index is 1.37. The molecule has 0 amide bonds. The summed E-state index contributed by atoms with van der Waals surface area (Å²) in [6, 6.07) is 23.0. The number of para-hydroxylation sites is 1. The van der Waals surface area contributed by atoms with Crippen molar-refractivity contribution in [2.75, 3.05) is 13.1 Å². The zero-order chi connectivity index (χ0) is 25.4. The van der Waals surface area contributed by atoms with E-state index in [9.17, 15) is 8.42 Å². The molecule has 4 heterocycles. The first kappa shape index (κ1) is 23.9. The number of benzene rings is 2. The average molecular weight is 531 g/mol. The first-order valence-corrected chi connectivity index (χ1v) is 14.6. The van der Waals surface area contributed by atoms with E-state index in [1.165, 1.54) is 0 Å². The Morgan fingerprint density at radius 1 is 0.919 bits per heavy atom. The third-order valence-electron chi connectivity index (χ3n) is 6.54. The SMILES string of the molecule is Cc1cccc2nc(CSc3nnc(-c4cccc(S(=O)(=O)N5CCCC5)c4)n3-c3ccccc3)cn12. The second-order valence-corrected chi connectivity index (χ2v) is 11.9. The summed E-state index contributed by atoms with van der Waals surface area (Å²) in [7, 11) is -3.54. The van der Waals surface area contributed by atoms with Crippen molar-refractivity contribution in [2.24, 2.45) is 0 Å². The van der Waals surface area contributed by atoms with Gasteiger partial charge in [0.25, 0.3) is 0 Å². The molecule has 10 heteroatoms. The predicted octanol–water partition coefficient (Wildman–Crippen LogP) is 4.97. The lowest BCUT2D eigenvalue weighted by Crippen LogP contribution is -2.27. The van der Waals surface area contributed by atoms with Gasteiger partial charge in [-0.05, 0) is 56.2 Å². The van der Waals surface area contributed by atoms with Crippen LogP contribution >= 0.6 is 11.8 Å². The zero-order valence-electron chi connectivity index (χ0n) is 20.4. The summed E-state index contributed by atoms with van der Waals surface area (Å²) in [6.07, 6.45) is 3.84. The smallest absolute Gasteiger partial charge is 0.243 e. The molecule has 1 aliphatic rings. The Bertz CT molecular complexity index is 1670. The van der Waals surface area contributed by atoms with Crippen LogP contribution in [-0.2, 0) is 15.8 Å². The minimum absolute atomic E-state index is 0.281. The molecule has 0 aliphatic carbocycles. The molecule has 0 saturated carbocycles. The molecular weight excluding hydrogens is 504 g/mol. The monoisotopic (exact) mass is 530 g/mol. The lowest BCUT2D eigenvalue weighted by molar-refractivity contribution is 0.477. The van der Waals surface area contributed by atoms with E-state index < -0.39 is 10.0 Å². The van der Waals surface area contributed by atoms with E-state index in [1.54, 1.807) is 34.3 Å². The van der Waals surface area contributed by atoms with Crippen LogP contribution < -0.4 is 0 Å². The van der Waals surface area contributed by atoms with E-state index in [4.69, 9.17) is 4.98 Å². The molecule has 1 aliphatic heterocycles. The van der Waals surface area contributed by atoms with E-state index in [-0.39, 0.29) is 4.90 Å². The summed E-state index contributed by atoms with van der Waals surface area (Å²) >= 11 is 1.55. The van der Waals surface area contributed by atoms with Gasteiger partial charge in [-0.3, -0.25) is 4.57 Å². The molecule has 0 unspecified atom stereocenters. The largest absolute Gasteiger partial charge is 0.304 e. The lowest BCUT2D eigenvalue weighted by atomic mass is 10.2. The van der Waals surface area contributed by atoms with Gasteiger partial charge in [0, 0.05) is 42.0 Å². The Morgan fingerprint density at radius 3 is 2.49 bits per heavy atom. The summed E-state index contributed by atoms with van der Waals surface area (Å²) in [5, 5.41) is 9.73. The van der Waals surface area contributed by atoms with Gasteiger partial charge in [-0.1, -0.05) is 48.2 Å². The number of aromatic nitrogens is 5. The van der Waals surface area contributed by atoms with Crippen LogP contribution in [0.15, 0.2) is 89.0 Å². The zero-order valence-corrected chi connectivity index (χ0v) is 22.0. The van der Waals surface area contributed by atoms with E-state index >= 15 is 0 Å². The van der Waals surface area contributed by atoms with Crippen LogP contribution in [0.1, 0.15) is 24.2 Å². The van der Waals surface area contributed by atoms with Crippen molar-refractivity contribution in [3.05, 3.63) is 90.4 Å². The van der Waals surface area contributed by atoms with Crippen molar-refractivity contribution < 1.29 is 8.42 Å². The lowest BCUT2D eigenvalue weighted by Gasteiger charge is -2.16. The molecule has 0 bridgehead atoms. The fourth-order valence-electron chi connectivity index (χ4n) is 4.64. The number of sulfonamides is 1. The third kappa shape index (κ3) is 4.56.